The van der Waals surface area contributed by atoms with E-state index in [1.165, 1.54) is 12.0 Å². The van der Waals surface area contributed by atoms with Gasteiger partial charge in [-0.3, -0.25) is 0 Å². The van der Waals surface area contributed by atoms with Crippen LogP contribution in [0.1, 0.15) is 44.1 Å². The molecule has 0 fully saturated rings. The first-order chi connectivity index (χ1) is 7.79. The summed E-state index contributed by atoms with van der Waals surface area (Å²) in [5.41, 5.74) is 1.37. The molecule has 1 rings (SSSR count). The molecule has 0 bridgehead atoms. The van der Waals surface area contributed by atoms with Crippen molar-refractivity contribution in [3.8, 4) is 0 Å². The minimum atomic E-state index is -2.12. The summed E-state index contributed by atoms with van der Waals surface area (Å²) in [5.74, 6) is 0. The lowest BCUT2D eigenvalue weighted by Gasteiger charge is -2.02. The van der Waals surface area contributed by atoms with Crippen molar-refractivity contribution in [1.29, 1.82) is 0 Å². The summed E-state index contributed by atoms with van der Waals surface area (Å²) >= 11 is 0. The zero-order valence-electron chi connectivity index (χ0n) is 9.67. The fraction of sp³-hybridized carbons (Fsp3) is 0.571. The maximum Gasteiger partial charge on any atom is 0.238 e. The van der Waals surface area contributed by atoms with E-state index >= 15 is 0 Å². The van der Waals surface area contributed by atoms with E-state index in [4.69, 9.17) is 0 Å². The van der Waals surface area contributed by atoms with Gasteiger partial charge in [-0.2, -0.15) is 0 Å². The van der Waals surface area contributed by atoms with Crippen molar-refractivity contribution in [1.82, 2.24) is 0 Å². The number of hydrogen-bond acceptors (Lipinski definition) is 0. The number of aryl methyl sites for hydroxylation is 1. The van der Waals surface area contributed by atoms with E-state index in [1.807, 2.05) is 6.07 Å². The molecular formula is C14H20F2. The Labute approximate surface area is 96.7 Å². The van der Waals surface area contributed by atoms with Gasteiger partial charge in [0.2, 0.25) is 6.43 Å². The summed E-state index contributed by atoms with van der Waals surface area (Å²) in [5, 5.41) is 0. The molecular weight excluding hydrogens is 206 g/mol. The smallest absolute Gasteiger partial charge is 0.211 e. The molecule has 90 valence electrons. The van der Waals surface area contributed by atoms with E-state index in [-0.39, 0.29) is 6.42 Å². The van der Waals surface area contributed by atoms with Crippen LogP contribution < -0.4 is 0 Å². The van der Waals surface area contributed by atoms with Crippen molar-refractivity contribution in [3.05, 3.63) is 35.9 Å². The Kier molecular flexibility index (Phi) is 6.78. The van der Waals surface area contributed by atoms with Gasteiger partial charge in [0.05, 0.1) is 0 Å². The zero-order chi connectivity index (χ0) is 11.6. The maximum atomic E-state index is 11.8. The maximum absolute atomic E-state index is 11.8. The van der Waals surface area contributed by atoms with Gasteiger partial charge in [0.15, 0.2) is 0 Å². The van der Waals surface area contributed by atoms with Crippen LogP contribution in [0, 0.1) is 0 Å². The first-order valence-electron chi connectivity index (χ1n) is 6.11. The average molecular weight is 226 g/mol. The Morgan fingerprint density at radius 3 is 2.12 bits per heavy atom. The third kappa shape index (κ3) is 6.54. The summed E-state index contributed by atoms with van der Waals surface area (Å²) in [6.07, 6.45) is 4.07. The van der Waals surface area contributed by atoms with Gasteiger partial charge in [-0.15, -0.1) is 0 Å². The predicted octanol–water partition coefficient (Wildman–Crippen LogP) is 4.83. The molecule has 0 amide bonds. The molecule has 0 N–H and O–H groups in total. The molecule has 0 saturated carbocycles. The second-order valence-corrected chi connectivity index (χ2v) is 4.18. The highest BCUT2D eigenvalue weighted by atomic mass is 19.3. The Morgan fingerprint density at radius 2 is 1.44 bits per heavy atom. The van der Waals surface area contributed by atoms with E-state index < -0.39 is 6.43 Å². The molecule has 0 radical (unpaired) electrons. The lowest BCUT2D eigenvalue weighted by Crippen LogP contribution is -1.90. The van der Waals surface area contributed by atoms with Gasteiger partial charge in [-0.1, -0.05) is 49.6 Å². The van der Waals surface area contributed by atoms with Crippen molar-refractivity contribution in [3.63, 3.8) is 0 Å². The summed E-state index contributed by atoms with van der Waals surface area (Å²) in [4.78, 5) is 0. The van der Waals surface area contributed by atoms with Crippen molar-refractivity contribution in [2.24, 2.45) is 0 Å². The molecule has 0 nitrogen and oxygen atoms in total. The molecule has 1 aromatic rings. The third-order valence-electron chi connectivity index (χ3n) is 2.73. The molecule has 16 heavy (non-hydrogen) atoms. The van der Waals surface area contributed by atoms with Gasteiger partial charge in [-0.25, -0.2) is 8.78 Å². The van der Waals surface area contributed by atoms with Crippen LogP contribution in [0.25, 0.3) is 0 Å². The Balaban J connectivity index is 1.93. The quantitative estimate of drug-likeness (QED) is 0.557. The molecule has 0 spiro atoms. The lowest BCUT2D eigenvalue weighted by molar-refractivity contribution is 0.133. The van der Waals surface area contributed by atoms with Gasteiger partial charge in [0.1, 0.15) is 0 Å². The van der Waals surface area contributed by atoms with Crippen molar-refractivity contribution in [2.75, 3.05) is 0 Å². The molecule has 0 aliphatic heterocycles. The first kappa shape index (κ1) is 13.1. The molecule has 0 heterocycles. The van der Waals surface area contributed by atoms with Crippen LogP contribution in [0.15, 0.2) is 30.3 Å². The number of unbranched alkanes of at least 4 members (excludes halogenated alkanes) is 4. The normalized spacial score (nSPS) is 10.9. The number of alkyl halides is 2. The monoisotopic (exact) mass is 226 g/mol. The molecule has 2 heteroatoms. The highest BCUT2D eigenvalue weighted by Crippen LogP contribution is 2.11. The van der Waals surface area contributed by atoms with Crippen LogP contribution in [-0.4, -0.2) is 6.43 Å². The van der Waals surface area contributed by atoms with Crippen molar-refractivity contribution in [2.45, 2.75) is 51.4 Å². The van der Waals surface area contributed by atoms with E-state index in [1.54, 1.807) is 0 Å². The van der Waals surface area contributed by atoms with Crippen molar-refractivity contribution < 1.29 is 8.78 Å². The number of rotatable bonds is 8. The van der Waals surface area contributed by atoms with Crippen LogP contribution in [0.3, 0.4) is 0 Å². The van der Waals surface area contributed by atoms with Crippen LogP contribution in [0.4, 0.5) is 8.78 Å². The van der Waals surface area contributed by atoms with Crippen LogP contribution in [0.5, 0.6) is 0 Å². The third-order valence-corrected chi connectivity index (χ3v) is 2.73. The van der Waals surface area contributed by atoms with Gasteiger partial charge in [0.25, 0.3) is 0 Å². The van der Waals surface area contributed by atoms with Crippen molar-refractivity contribution >= 4 is 0 Å². The second kappa shape index (κ2) is 8.26. The minimum Gasteiger partial charge on any atom is -0.211 e. The highest BCUT2D eigenvalue weighted by molar-refractivity contribution is 5.14. The topological polar surface area (TPSA) is 0 Å². The average Bonchev–Trinajstić information content (AvgIpc) is 2.29. The Morgan fingerprint density at radius 1 is 0.812 bits per heavy atom. The zero-order valence-corrected chi connectivity index (χ0v) is 9.67. The van der Waals surface area contributed by atoms with E-state index in [0.29, 0.717) is 6.42 Å². The van der Waals surface area contributed by atoms with Crippen LogP contribution in [-0.2, 0) is 6.42 Å². The lowest BCUT2D eigenvalue weighted by atomic mass is 10.1. The molecule has 0 unspecified atom stereocenters. The summed E-state index contributed by atoms with van der Waals surface area (Å²) in [6, 6.07) is 10.4. The van der Waals surface area contributed by atoms with Gasteiger partial charge >= 0.3 is 0 Å². The van der Waals surface area contributed by atoms with Crippen LogP contribution >= 0.6 is 0 Å². The van der Waals surface area contributed by atoms with Gasteiger partial charge in [0, 0.05) is 6.42 Å². The summed E-state index contributed by atoms with van der Waals surface area (Å²) in [6.45, 7) is 0. The SMILES string of the molecule is FC(F)CCCCCCCc1ccccc1. The van der Waals surface area contributed by atoms with Gasteiger partial charge in [-0.05, 0) is 24.8 Å². The molecule has 0 aliphatic carbocycles. The first-order valence-corrected chi connectivity index (χ1v) is 6.11. The minimum absolute atomic E-state index is 0.0681. The largest absolute Gasteiger partial charge is 0.238 e. The molecule has 1 aromatic carbocycles. The standard InChI is InChI=1S/C14H20F2/c15-14(16)12-8-3-1-2-5-9-13-10-6-4-7-11-13/h4,6-7,10-11,14H,1-3,5,8-9,12H2. The Hall–Kier alpha value is -0.920. The summed E-state index contributed by atoms with van der Waals surface area (Å²) in [7, 11) is 0. The predicted molar refractivity (Wildman–Crippen MR) is 63.9 cm³/mol. The fourth-order valence-electron chi connectivity index (χ4n) is 1.80. The Bertz CT molecular complexity index is 257. The molecule has 0 aliphatic rings. The van der Waals surface area contributed by atoms with E-state index in [0.717, 1.165) is 25.7 Å². The number of halogens is 2. The fourth-order valence-corrected chi connectivity index (χ4v) is 1.80. The van der Waals surface area contributed by atoms with E-state index in [9.17, 15) is 8.78 Å². The molecule has 0 saturated heterocycles. The highest BCUT2D eigenvalue weighted by Gasteiger charge is 2.00. The molecule has 0 atom stereocenters. The van der Waals surface area contributed by atoms with E-state index in [2.05, 4.69) is 24.3 Å². The molecule has 0 aromatic heterocycles. The number of benzene rings is 1. The van der Waals surface area contributed by atoms with Gasteiger partial charge < -0.3 is 0 Å². The second-order valence-electron chi connectivity index (χ2n) is 4.18. The van der Waals surface area contributed by atoms with Crippen LogP contribution in [0.2, 0.25) is 0 Å². The number of hydrogen-bond donors (Lipinski definition) is 0. The summed E-state index contributed by atoms with van der Waals surface area (Å²) < 4.78 is 23.7.